The fraction of sp³-hybridized carbons (Fsp3) is 0.526. The Morgan fingerprint density at radius 3 is 2.62 bits per heavy atom. The zero-order valence-electron chi connectivity index (χ0n) is 16.1. The number of hydrogen-bond acceptors (Lipinski definition) is 5. The predicted molar refractivity (Wildman–Crippen MR) is 102 cm³/mol. The number of nitrogens with zero attached hydrogens (tertiary/aromatic N) is 2. The van der Waals surface area contributed by atoms with Gasteiger partial charge in [-0.15, -0.1) is 0 Å². The second-order valence-electron chi connectivity index (χ2n) is 7.22. The number of carbonyl (C=O) groups is 3. The molecule has 3 N–H and O–H groups in total. The van der Waals surface area contributed by atoms with Crippen molar-refractivity contribution < 1.29 is 27.9 Å². The van der Waals surface area contributed by atoms with Crippen LogP contribution < -0.4 is 16.0 Å². The molecule has 1 aromatic rings. The van der Waals surface area contributed by atoms with Crippen LogP contribution in [0.1, 0.15) is 31.3 Å². The molecule has 1 aromatic carbocycles. The van der Waals surface area contributed by atoms with Gasteiger partial charge in [-0.1, -0.05) is 6.42 Å². The molecule has 1 aliphatic heterocycles. The number of ether oxygens (including phenoxy) is 1. The standard InChI is InChI=1S/C19H24F2N4O4/c1-24(12-3-2-4-12)16(18(22)27)19(28)23-11-5-6-14(13(9-11)17(20)21)25-7-8-29-10-15(25)26/h5-6,9,12,16-17H,2-4,7-8,10H2,1H3,(H2,22,27)(H,23,28)/t16-/m0/s1. The Labute approximate surface area is 167 Å². The quantitative estimate of drug-likeness (QED) is 0.659. The minimum absolute atomic E-state index is 0.0735. The SMILES string of the molecule is CN(C1CCC1)[C@@H](C(N)=O)C(=O)Nc1ccc(N2CCOCC2=O)c(C(F)F)c1. The van der Waals surface area contributed by atoms with Crippen LogP contribution in [0.5, 0.6) is 0 Å². The van der Waals surface area contributed by atoms with E-state index in [1.807, 2.05) is 0 Å². The van der Waals surface area contributed by atoms with E-state index in [1.54, 1.807) is 11.9 Å². The molecule has 1 atom stereocenters. The third-order valence-electron chi connectivity index (χ3n) is 5.38. The number of morpholine rings is 1. The number of nitrogens with two attached hydrogens (primary N) is 1. The van der Waals surface area contributed by atoms with E-state index >= 15 is 0 Å². The van der Waals surface area contributed by atoms with Crippen LogP contribution in [0.4, 0.5) is 20.2 Å². The van der Waals surface area contributed by atoms with Crippen molar-refractivity contribution >= 4 is 29.1 Å². The van der Waals surface area contributed by atoms with Crippen LogP contribution in [0.3, 0.4) is 0 Å². The highest BCUT2D eigenvalue weighted by atomic mass is 19.3. The van der Waals surface area contributed by atoms with Crippen molar-refractivity contribution in [3.63, 3.8) is 0 Å². The van der Waals surface area contributed by atoms with Crippen LogP contribution in [0, 0.1) is 0 Å². The smallest absolute Gasteiger partial charge is 0.265 e. The van der Waals surface area contributed by atoms with Crippen LogP contribution in [-0.4, -0.2) is 61.5 Å². The van der Waals surface area contributed by atoms with E-state index in [0.717, 1.165) is 25.3 Å². The van der Waals surface area contributed by atoms with E-state index in [-0.39, 0.29) is 42.7 Å². The Balaban J connectivity index is 1.81. The van der Waals surface area contributed by atoms with E-state index in [4.69, 9.17) is 10.5 Å². The average Bonchev–Trinajstić information content (AvgIpc) is 2.60. The number of carbonyl (C=O) groups excluding carboxylic acids is 3. The van der Waals surface area contributed by atoms with Gasteiger partial charge in [-0.05, 0) is 38.1 Å². The fourth-order valence-electron chi connectivity index (χ4n) is 3.56. The van der Waals surface area contributed by atoms with E-state index in [2.05, 4.69) is 5.32 Å². The van der Waals surface area contributed by atoms with Gasteiger partial charge in [0, 0.05) is 23.8 Å². The summed E-state index contributed by atoms with van der Waals surface area (Å²) in [7, 11) is 1.65. The second kappa shape index (κ2) is 8.83. The molecule has 3 rings (SSSR count). The molecule has 8 nitrogen and oxygen atoms in total. The summed E-state index contributed by atoms with van der Waals surface area (Å²) in [6.07, 6.45) is -0.111. The molecular weight excluding hydrogens is 386 g/mol. The minimum atomic E-state index is -2.86. The Hall–Kier alpha value is -2.59. The Morgan fingerprint density at radius 1 is 1.34 bits per heavy atom. The van der Waals surface area contributed by atoms with Crippen molar-refractivity contribution in [3.8, 4) is 0 Å². The number of primary amides is 1. The van der Waals surface area contributed by atoms with Gasteiger partial charge in [0.15, 0.2) is 6.04 Å². The first kappa shape index (κ1) is 21.1. The molecule has 1 saturated carbocycles. The van der Waals surface area contributed by atoms with Gasteiger partial charge in [0.25, 0.3) is 18.2 Å². The average molecular weight is 410 g/mol. The lowest BCUT2D eigenvalue weighted by molar-refractivity contribution is -0.133. The lowest BCUT2D eigenvalue weighted by Gasteiger charge is -2.37. The first-order chi connectivity index (χ1) is 13.8. The molecule has 0 spiro atoms. The van der Waals surface area contributed by atoms with E-state index in [9.17, 15) is 23.2 Å². The summed E-state index contributed by atoms with van der Waals surface area (Å²) in [6.45, 7) is 0.246. The van der Waals surface area contributed by atoms with Gasteiger partial charge in [-0.2, -0.15) is 0 Å². The third-order valence-corrected chi connectivity index (χ3v) is 5.38. The zero-order chi connectivity index (χ0) is 21.1. The fourth-order valence-corrected chi connectivity index (χ4v) is 3.56. The summed E-state index contributed by atoms with van der Waals surface area (Å²) in [6, 6.07) is 2.78. The molecule has 0 aromatic heterocycles. The van der Waals surface area contributed by atoms with E-state index in [1.165, 1.54) is 17.0 Å². The number of nitrogens with one attached hydrogen (secondary N) is 1. The first-order valence-electron chi connectivity index (χ1n) is 9.42. The molecule has 2 fully saturated rings. The molecule has 2 aliphatic rings. The largest absolute Gasteiger partial charge is 0.370 e. The monoisotopic (exact) mass is 410 g/mol. The van der Waals surface area contributed by atoms with Crippen molar-refractivity contribution in [3.05, 3.63) is 23.8 Å². The maximum absolute atomic E-state index is 13.6. The highest BCUT2D eigenvalue weighted by molar-refractivity contribution is 6.09. The molecule has 1 heterocycles. The van der Waals surface area contributed by atoms with Crippen LogP contribution in [0.25, 0.3) is 0 Å². The van der Waals surface area contributed by atoms with Gasteiger partial charge in [0.05, 0.1) is 12.3 Å². The Kier molecular flexibility index (Phi) is 6.43. The van der Waals surface area contributed by atoms with Gasteiger partial charge in [0.2, 0.25) is 5.91 Å². The lowest BCUT2D eigenvalue weighted by Crippen LogP contribution is -2.55. The van der Waals surface area contributed by atoms with Gasteiger partial charge < -0.3 is 20.7 Å². The number of hydrogen-bond donors (Lipinski definition) is 2. The minimum Gasteiger partial charge on any atom is -0.370 e. The van der Waals surface area contributed by atoms with Crippen molar-refractivity contribution in [1.82, 2.24) is 4.90 Å². The van der Waals surface area contributed by atoms with Gasteiger partial charge in [-0.25, -0.2) is 8.78 Å². The molecule has 0 unspecified atom stereocenters. The maximum Gasteiger partial charge on any atom is 0.265 e. The van der Waals surface area contributed by atoms with Crippen molar-refractivity contribution in [2.45, 2.75) is 37.8 Å². The van der Waals surface area contributed by atoms with Crippen LogP contribution >= 0.6 is 0 Å². The highest BCUT2D eigenvalue weighted by Gasteiger charge is 2.35. The van der Waals surface area contributed by atoms with E-state index in [0.29, 0.717) is 0 Å². The first-order valence-corrected chi connectivity index (χ1v) is 9.42. The summed E-state index contributed by atoms with van der Waals surface area (Å²) < 4.78 is 32.3. The van der Waals surface area contributed by atoms with Crippen molar-refractivity contribution in [2.24, 2.45) is 5.73 Å². The molecular formula is C19H24F2N4O4. The molecule has 29 heavy (non-hydrogen) atoms. The lowest BCUT2D eigenvalue weighted by atomic mass is 9.90. The Morgan fingerprint density at radius 2 is 2.07 bits per heavy atom. The van der Waals surface area contributed by atoms with Crippen molar-refractivity contribution in [1.29, 1.82) is 0 Å². The predicted octanol–water partition coefficient (Wildman–Crippen LogP) is 1.26. The number of benzene rings is 1. The van der Waals surface area contributed by atoms with Gasteiger partial charge >= 0.3 is 0 Å². The summed E-state index contributed by atoms with van der Waals surface area (Å²) in [5, 5.41) is 2.50. The molecule has 10 heteroatoms. The molecule has 0 radical (unpaired) electrons. The molecule has 0 bridgehead atoms. The topological polar surface area (TPSA) is 105 Å². The summed E-state index contributed by atoms with van der Waals surface area (Å²) in [5.74, 6) is -1.89. The molecule has 1 aliphatic carbocycles. The normalized spacial score (nSPS) is 18.7. The number of halogens is 2. The van der Waals surface area contributed by atoms with Gasteiger partial charge in [-0.3, -0.25) is 19.3 Å². The molecule has 3 amide bonds. The molecule has 158 valence electrons. The number of alkyl halides is 2. The highest BCUT2D eigenvalue weighted by Crippen LogP contribution is 2.33. The number of amides is 3. The zero-order valence-corrected chi connectivity index (χ0v) is 16.1. The van der Waals surface area contributed by atoms with E-state index < -0.39 is 30.2 Å². The molecule has 1 saturated heterocycles. The number of likely N-dealkylation sites (N-methyl/N-ethyl adjacent to an activating group) is 1. The van der Waals surface area contributed by atoms with Gasteiger partial charge in [0.1, 0.15) is 6.61 Å². The second-order valence-corrected chi connectivity index (χ2v) is 7.22. The number of rotatable bonds is 7. The van der Waals surface area contributed by atoms with Crippen molar-refractivity contribution in [2.75, 3.05) is 37.0 Å². The third kappa shape index (κ3) is 4.54. The van der Waals surface area contributed by atoms with Crippen LogP contribution in [0.2, 0.25) is 0 Å². The Bertz CT molecular complexity index is 800. The summed E-state index contributed by atoms with van der Waals surface area (Å²) in [4.78, 5) is 39.3. The maximum atomic E-state index is 13.6. The van der Waals surface area contributed by atoms with Crippen LogP contribution in [0.15, 0.2) is 18.2 Å². The number of anilines is 2. The summed E-state index contributed by atoms with van der Waals surface area (Å²) >= 11 is 0. The van der Waals surface area contributed by atoms with Crippen LogP contribution in [-0.2, 0) is 19.1 Å². The summed E-state index contributed by atoms with van der Waals surface area (Å²) in [5.41, 5.74) is 5.19.